The lowest BCUT2D eigenvalue weighted by molar-refractivity contribution is 0.345. The van der Waals surface area contributed by atoms with Crippen molar-refractivity contribution >= 4 is 17.5 Å². The fourth-order valence-corrected chi connectivity index (χ4v) is 4.04. The first kappa shape index (κ1) is 17.1. The number of benzene rings is 1. The molecular formula is C20H28N6. The van der Waals surface area contributed by atoms with Crippen LogP contribution in [-0.4, -0.2) is 42.2 Å². The number of nitrogens with zero attached hydrogens (tertiary/aromatic N) is 4. The molecule has 1 saturated heterocycles. The van der Waals surface area contributed by atoms with E-state index in [1.54, 1.807) is 0 Å². The number of hydrogen-bond acceptors (Lipinski definition) is 6. The van der Waals surface area contributed by atoms with E-state index in [-0.39, 0.29) is 0 Å². The van der Waals surface area contributed by atoms with Gasteiger partial charge in [0.1, 0.15) is 5.82 Å². The Labute approximate surface area is 155 Å². The lowest BCUT2D eigenvalue weighted by atomic mass is 9.78. The highest BCUT2D eigenvalue weighted by Crippen LogP contribution is 2.36. The maximum Gasteiger partial charge on any atom is 0.222 e. The van der Waals surface area contributed by atoms with Crippen molar-refractivity contribution in [2.75, 3.05) is 41.7 Å². The van der Waals surface area contributed by atoms with Crippen molar-refractivity contribution in [2.45, 2.75) is 38.1 Å². The normalized spacial score (nSPS) is 23.0. The number of hydrogen-bond donors (Lipinski definition) is 2. The Hall–Kier alpha value is -2.34. The molecule has 1 saturated carbocycles. The molecule has 2 heterocycles. The fraction of sp³-hybridized carbons (Fsp3) is 0.500. The van der Waals surface area contributed by atoms with Crippen molar-refractivity contribution in [2.24, 2.45) is 5.73 Å². The maximum atomic E-state index is 5.98. The summed E-state index contributed by atoms with van der Waals surface area (Å²) in [6.07, 6.45) is 3.06. The fourth-order valence-electron chi connectivity index (χ4n) is 4.04. The Morgan fingerprint density at radius 1 is 1.04 bits per heavy atom. The van der Waals surface area contributed by atoms with Crippen LogP contribution in [0.4, 0.5) is 17.5 Å². The first-order valence-corrected chi connectivity index (χ1v) is 9.62. The third kappa shape index (κ3) is 3.33. The highest BCUT2D eigenvalue weighted by Gasteiger charge is 2.30. The molecule has 0 spiro atoms. The summed E-state index contributed by atoms with van der Waals surface area (Å²) < 4.78 is 0. The molecule has 2 aliphatic rings. The van der Waals surface area contributed by atoms with E-state index in [0.717, 1.165) is 57.0 Å². The minimum absolute atomic E-state index is 0.307. The van der Waals surface area contributed by atoms with Crippen molar-refractivity contribution in [1.29, 1.82) is 0 Å². The first-order chi connectivity index (χ1) is 12.6. The van der Waals surface area contributed by atoms with E-state index in [4.69, 9.17) is 11.5 Å². The molecule has 2 aromatic rings. The zero-order valence-electron chi connectivity index (χ0n) is 15.4. The van der Waals surface area contributed by atoms with E-state index >= 15 is 0 Å². The number of nitrogen functional groups attached to an aromatic ring is 1. The minimum Gasteiger partial charge on any atom is -0.368 e. The van der Waals surface area contributed by atoms with Crippen molar-refractivity contribution in [3.8, 4) is 0 Å². The highest BCUT2D eigenvalue weighted by molar-refractivity contribution is 5.55. The highest BCUT2D eigenvalue weighted by atomic mass is 15.3. The standard InChI is InChI=1S/C20H28N6/c1-2-14-5-3-4-6-18(14)25-7-9-26(10-8-25)19-13-17(23-20(22)24-19)15-11-16(21)12-15/h3-6,13,15-16H,2,7-12,21H2,1H3,(H2,22,23,24). The number of nitrogens with two attached hydrogens (primary N) is 2. The molecule has 0 amide bonds. The Morgan fingerprint density at radius 3 is 2.42 bits per heavy atom. The van der Waals surface area contributed by atoms with Gasteiger partial charge in [-0.2, -0.15) is 4.98 Å². The van der Waals surface area contributed by atoms with Crippen LogP contribution >= 0.6 is 0 Å². The van der Waals surface area contributed by atoms with E-state index in [9.17, 15) is 0 Å². The lowest BCUT2D eigenvalue weighted by Crippen LogP contribution is -2.47. The number of piperazine rings is 1. The second-order valence-electron chi connectivity index (χ2n) is 7.39. The van der Waals surface area contributed by atoms with Gasteiger partial charge in [0.05, 0.1) is 5.69 Å². The van der Waals surface area contributed by atoms with E-state index in [1.165, 1.54) is 11.3 Å². The van der Waals surface area contributed by atoms with Gasteiger partial charge in [-0.15, -0.1) is 0 Å². The third-order valence-corrected chi connectivity index (χ3v) is 5.66. The van der Waals surface area contributed by atoms with Gasteiger partial charge in [-0.25, -0.2) is 4.98 Å². The zero-order chi connectivity index (χ0) is 18.1. The molecule has 138 valence electrons. The summed E-state index contributed by atoms with van der Waals surface area (Å²) >= 11 is 0. The van der Waals surface area contributed by atoms with E-state index in [1.807, 2.05) is 0 Å². The minimum atomic E-state index is 0.307. The number of anilines is 3. The van der Waals surface area contributed by atoms with Gasteiger partial charge >= 0.3 is 0 Å². The molecule has 0 radical (unpaired) electrons. The summed E-state index contributed by atoms with van der Waals surface area (Å²) in [5, 5.41) is 0. The number of aryl methyl sites for hydroxylation is 1. The predicted octanol–water partition coefficient (Wildman–Crippen LogP) is 2.15. The van der Waals surface area contributed by atoms with Gasteiger partial charge in [-0.3, -0.25) is 0 Å². The average molecular weight is 352 g/mol. The molecule has 0 bridgehead atoms. The summed E-state index contributed by atoms with van der Waals surface area (Å²) in [7, 11) is 0. The van der Waals surface area contributed by atoms with Gasteiger partial charge < -0.3 is 21.3 Å². The van der Waals surface area contributed by atoms with Crippen LogP contribution in [0.3, 0.4) is 0 Å². The second-order valence-corrected chi connectivity index (χ2v) is 7.39. The average Bonchev–Trinajstić information content (AvgIpc) is 2.65. The van der Waals surface area contributed by atoms with Crippen molar-refractivity contribution in [3.05, 3.63) is 41.6 Å². The summed E-state index contributed by atoms with van der Waals surface area (Å²) in [6.45, 7) is 6.08. The van der Waals surface area contributed by atoms with Crippen LogP contribution in [0.1, 0.15) is 36.9 Å². The molecule has 0 unspecified atom stereocenters. The van der Waals surface area contributed by atoms with Gasteiger partial charge in [0, 0.05) is 49.9 Å². The van der Waals surface area contributed by atoms with Gasteiger partial charge in [-0.1, -0.05) is 25.1 Å². The molecule has 1 aliphatic heterocycles. The van der Waals surface area contributed by atoms with Crippen molar-refractivity contribution in [3.63, 3.8) is 0 Å². The van der Waals surface area contributed by atoms with Crippen LogP contribution in [0.2, 0.25) is 0 Å². The maximum absolute atomic E-state index is 5.98. The Bertz CT molecular complexity index is 763. The van der Waals surface area contributed by atoms with Crippen molar-refractivity contribution < 1.29 is 0 Å². The van der Waals surface area contributed by atoms with Crippen LogP contribution in [0.25, 0.3) is 0 Å². The summed E-state index contributed by atoms with van der Waals surface area (Å²) in [4.78, 5) is 13.7. The zero-order valence-corrected chi connectivity index (χ0v) is 15.4. The Balaban J connectivity index is 1.46. The second kappa shape index (κ2) is 7.11. The van der Waals surface area contributed by atoms with Crippen LogP contribution in [0.15, 0.2) is 30.3 Å². The van der Waals surface area contributed by atoms with E-state index < -0.39 is 0 Å². The summed E-state index contributed by atoms with van der Waals surface area (Å²) in [5.74, 6) is 1.76. The van der Waals surface area contributed by atoms with Gasteiger partial charge in [0.25, 0.3) is 0 Å². The molecule has 1 aromatic carbocycles. The largest absolute Gasteiger partial charge is 0.368 e. The lowest BCUT2D eigenvalue weighted by Gasteiger charge is -2.38. The van der Waals surface area contributed by atoms with Crippen LogP contribution in [-0.2, 0) is 6.42 Å². The topological polar surface area (TPSA) is 84.3 Å². The molecule has 6 heteroatoms. The molecule has 4 N–H and O–H groups in total. The first-order valence-electron chi connectivity index (χ1n) is 9.62. The third-order valence-electron chi connectivity index (χ3n) is 5.66. The van der Waals surface area contributed by atoms with Gasteiger partial charge in [-0.05, 0) is 30.9 Å². The van der Waals surface area contributed by atoms with Crippen molar-refractivity contribution in [1.82, 2.24) is 9.97 Å². The summed E-state index contributed by atoms with van der Waals surface area (Å²) in [5.41, 5.74) is 15.7. The molecule has 26 heavy (non-hydrogen) atoms. The molecular weight excluding hydrogens is 324 g/mol. The Morgan fingerprint density at radius 2 is 1.73 bits per heavy atom. The molecule has 2 fully saturated rings. The number of aromatic nitrogens is 2. The SMILES string of the molecule is CCc1ccccc1N1CCN(c2cc(C3CC(N)C3)nc(N)n2)CC1. The molecule has 4 rings (SSSR count). The molecule has 1 aromatic heterocycles. The smallest absolute Gasteiger partial charge is 0.222 e. The number of rotatable bonds is 4. The molecule has 1 aliphatic carbocycles. The van der Waals surface area contributed by atoms with Gasteiger partial charge in [0.15, 0.2) is 0 Å². The van der Waals surface area contributed by atoms with Gasteiger partial charge in [0.2, 0.25) is 5.95 Å². The quantitative estimate of drug-likeness (QED) is 0.877. The Kier molecular flexibility index (Phi) is 4.68. The molecule has 6 nitrogen and oxygen atoms in total. The summed E-state index contributed by atoms with van der Waals surface area (Å²) in [6, 6.07) is 11.1. The predicted molar refractivity (Wildman–Crippen MR) is 107 cm³/mol. The van der Waals surface area contributed by atoms with E-state index in [0.29, 0.717) is 17.9 Å². The van der Waals surface area contributed by atoms with E-state index in [2.05, 4.69) is 57.0 Å². The van der Waals surface area contributed by atoms with Crippen LogP contribution in [0, 0.1) is 0 Å². The molecule has 0 atom stereocenters. The number of para-hydroxylation sites is 1. The monoisotopic (exact) mass is 352 g/mol. The van der Waals surface area contributed by atoms with Crippen LogP contribution < -0.4 is 21.3 Å². The van der Waals surface area contributed by atoms with Crippen LogP contribution in [0.5, 0.6) is 0 Å².